The molecule has 5 heteroatoms. The van der Waals surface area contributed by atoms with E-state index in [1.54, 1.807) is 6.08 Å². The molecule has 5 rings (SSSR count). The first-order chi connectivity index (χ1) is 17.1. The molecule has 1 heterocycles. The Morgan fingerprint density at radius 2 is 1.63 bits per heavy atom. The van der Waals surface area contributed by atoms with E-state index in [2.05, 4.69) is 64.6 Å². The maximum atomic E-state index is 10.9. The van der Waals surface area contributed by atoms with Crippen molar-refractivity contribution in [1.29, 1.82) is 0 Å². The van der Waals surface area contributed by atoms with Crippen LogP contribution in [0.1, 0.15) is 11.1 Å². The Bertz CT molecular complexity index is 1500. The van der Waals surface area contributed by atoms with Gasteiger partial charge in [0, 0.05) is 36.4 Å². The number of nitrogens with zero attached hydrogens (tertiary/aromatic N) is 3. The van der Waals surface area contributed by atoms with Crippen LogP contribution < -0.4 is 4.90 Å². The van der Waals surface area contributed by atoms with E-state index in [0.29, 0.717) is 6.54 Å². The number of aliphatic carboxylic acids is 1. The second-order valence-electron chi connectivity index (χ2n) is 8.43. The third kappa shape index (κ3) is 4.99. The molecule has 0 aliphatic heterocycles. The monoisotopic (exact) mass is 459 g/mol. The first kappa shape index (κ1) is 22.2. The molecule has 172 valence electrons. The van der Waals surface area contributed by atoms with E-state index < -0.39 is 5.97 Å². The molecule has 0 spiro atoms. The van der Waals surface area contributed by atoms with E-state index in [0.717, 1.165) is 45.0 Å². The van der Waals surface area contributed by atoms with Gasteiger partial charge in [-0.25, -0.2) is 4.79 Å². The Balaban J connectivity index is 1.44. The second kappa shape index (κ2) is 9.69. The van der Waals surface area contributed by atoms with Crippen LogP contribution in [-0.4, -0.2) is 20.9 Å². The highest BCUT2D eigenvalue weighted by atomic mass is 16.4. The third-order valence-electron chi connectivity index (χ3n) is 6.04. The number of aromatic nitrogens is 2. The van der Waals surface area contributed by atoms with Crippen molar-refractivity contribution in [2.75, 3.05) is 4.90 Å². The second-order valence-corrected chi connectivity index (χ2v) is 8.43. The van der Waals surface area contributed by atoms with Gasteiger partial charge in [0.15, 0.2) is 0 Å². The lowest BCUT2D eigenvalue weighted by Crippen LogP contribution is -2.16. The summed E-state index contributed by atoms with van der Waals surface area (Å²) in [5, 5.41) is 14.4. The van der Waals surface area contributed by atoms with E-state index in [4.69, 9.17) is 5.11 Å². The first-order valence-electron chi connectivity index (χ1n) is 11.4. The van der Waals surface area contributed by atoms with Crippen LogP contribution in [0.4, 0.5) is 11.4 Å². The minimum Gasteiger partial charge on any atom is -0.478 e. The lowest BCUT2D eigenvalue weighted by Gasteiger charge is -2.26. The minimum absolute atomic E-state index is 0.679. The number of carboxylic acids is 1. The van der Waals surface area contributed by atoms with Crippen molar-refractivity contribution in [3.05, 3.63) is 120 Å². The number of aryl methyl sites for hydroxylation is 1. The highest BCUT2D eigenvalue weighted by Crippen LogP contribution is 2.30. The maximum absolute atomic E-state index is 10.9. The molecule has 0 aliphatic rings. The summed E-state index contributed by atoms with van der Waals surface area (Å²) in [5.74, 6) is -0.960. The van der Waals surface area contributed by atoms with Crippen molar-refractivity contribution in [1.82, 2.24) is 9.78 Å². The molecule has 35 heavy (non-hydrogen) atoms. The number of hydrogen-bond acceptors (Lipinski definition) is 3. The van der Waals surface area contributed by atoms with Gasteiger partial charge in [0.1, 0.15) is 0 Å². The number of anilines is 2. The third-order valence-corrected chi connectivity index (χ3v) is 6.04. The zero-order valence-corrected chi connectivity index (χ0v) is 19.4. The molecule has 0 atom stereocenters. The number of carbonyl (C=O) groups is 1. The lowest BCUT2D eigenvalue weighted by molar-refractivity contribution is -0.131. The number of fused-ring (bicyclic) bond motifs is 1. The maximum Gasteiger partial charge on any atom is 0.328 e. The summed E-state index contributed by atoms with van der Waals surface area (Å²) in [6, 6.07) is 33.1. The average Bonchev–Trinajstić information content (AvgIpc) is 3.27. The summed E-state index contributed by atoms with van der Waals surface area (Å²) >= 11 is 0. The molecule has 0 radical (unpaired) electrons. The van der Waals surface area contributed by atoms with E-state index in [9.17, 15) is 4.79 Å². The first-order valence-corrected chi connectivity index (χ1v) is 11.4. The summed E-state index contributed by atoms with van der Waals surface area (Å²) in [5.41, 5.74) is 7.51. The molecule has 0 amide bonds. The quantitative estimate of drug-likeness (QED) is 0.276. The van der Waals surface area contributed by atoms with Crippen molar-refractivity contribution in [3.8, 4) is 11.1 Å². The molecule has 5 aromatic rings. The predicted molar refractivity (Wildman–Crippen MR) is 142 cm³/mol. The van der Waals surface area contributed by atoms with Crippen LogP contribution in [0, 0.1) is 0 Å². The van der Waals surface area contributed by atoms with Crippen molar-refractivity contribution in [2.24, 2.45) is 7.05 Å². The van der Waals surface area contributed by atoms with Crippen molar-refractivity contribution >= 4 is 34.3 Å². The Hall–Kier alpha value is -4.64. The summed E-state index contributed by atoms with van der Waals surface area (Å²) < 4.78 is 1.88. The number of hydrogen-bond donors (Lipinski definition) is 1. The molecular weight excluding hydrogens is 434 g/mol. The fourth-order valence-corrected chi connectivity index (χ4v) is 4.23. The van der Waals surface area contributed by atoms with Crippen LogP contribution in [0.25, 0.3) is 28.1 Å². The normalized spacial score (nSPS) is 11.2. The zero-order chi connectivity index (χ0) is 24.2. The van der Waals surface area contributed by atoms with Gasteiger partial charge >= 0.3 is 5.97 Å². The van der Waals surface area contributed by atoms with Crippen LogP contribution in [0.15, 0.2) is 109 Å². The molecule has 5 nitrogen and oxygen atoms in total. The van der Waals surface area contributed by atoms with Gasteiger partial charge in [-0.3, -0.25) is 4.68 Å². The van der Waals surface area contributed by atoms with Crippen molar-refractivity contribution < 1.29 is 9.90 Å². The molecule has 1 aromatic heterocycles. The van der Waals surface area contributed by atoms with Gasteiger partial charge in [-0.2, -0.15) is 5.10 Å². The summed E-state index contributed by atoms with van der Waals surface area (Å²) in [6.07, 6.45) is 4.67. The molecule has 4 aromatic carbocycles. The SMILES string of the molecule is Cn1ncc2cc(-c3ccc(CN(c4ccccc4)c4cccc(/C=C/C(=O)O)c4)cc3)ccc21. The van der Waals surface area contributed by atoms with Crippen LogP contribution in [0.3, 0.4) is 0 Å². The Labute approximate surface area is 204 Å². The van der Waals surface area contributed by atoms with Crippen LogP contribution in [-0.2, 0) is 18.4 Å². The van der Waals surface area contributed by atoms with Gasteiger partial charge < -0.3 is 10.0 Å². The topological polar surface area (TPSA) is 58.4 Å². The van der Waals surface area contributed by atoms with Crippen LogP contribution >= 0.6 is 0 Å². The van der Waals surface area contributed by atoms with E-state index in [-0.39, 0.29) is 0 Å². The number of benzene rings is 4. The molecule has 0 saturated heterocycles. The average molecular weight is 460 g/mol. The van der Waals surface area contributed by atoms with E-state index in [1.807, 2.05) is 60.4 Å². The van der Waals surface area contributed by atoms with E-state index in [1.165, 1.54) is 5.56 Å². The molecule has 0 aliphatic carbocycles. The molecule has 0 unspecified atom stereocenters. The highest BCUT2D eigenvalue weighted by Gasteiger charge is 2.11. The Morgan fingerprint density at radius 1 is 0.886 bits per heavy atom. The number of carboxylic acid groups (broad SMARTS) is 1. The minimum atomic E-state index is -0.960. The van der Waals surface area contributed by atoms with E-state index >= 15 is 0 Å². The molecule has 0 bridgehead atoms. The van der Waals surface area contributed by atoms with Gasteiger partial charge in [0.25, 0.3) is 0 Å². The number of para-hydroxylation sites is 1. The molecular formula is C30H25N3O2. The summed E-state index contributed by atoms with van der Waals surface area (Å²) in [6.45, 7) is 0.679. The predicted octanol–water partition coefficient (Wildman–Crippen LogP) is 6.68. The Morgan fingerprint density at radius 3 is 2.40 bits per heavy atom. The smallest absolute Gasteiger partial charge is 0.328 e. The summed E-state index contributed by atoms with van der Waals surface area (Å²) in [4.78, 5) is 13.2. The highest BCUT2D eigenvalue weighted by molar-refractivity contribution is 5.86. The Kier molecular flexibility index (Phi) is 6.14. The zero-order valence-electron chi connectivity index (χ0n) is 19.4. The largest absolute Gasteiger partial charge is 0.478 e. The number of rotatable bonds is 7. The fourth-order valence-electron chi connectivity index (χ4n) is 4.23. The standard InChI is InChI=1S/C30H25N3O2/c1-32-29-16-15-25(19-26(29)20-31-32)24-13-10-23(11-14-24)21-33(27-7-3-2-4-8-27)28-9-5-6-22(18-28)12-17-30(34)35/h2-20H,21H2,1H3,(H,34,35)/b17-12+. The molecule has 1 N–H and O–H groups in total. The van der Waals surface area contributed by atoms with Gasteiger partial charge in [-0.1, -0.05) is 60.7 Å². The van der Waals surface area contributed by atoms with Gasteiger partial charge in [0.05, 0.1) is 11.7 Å². The molecule has 0 fully saturated rings. The summed E-state index contributed by atoms with van der Waals surface area (Å²) in [7, 11) is 1.95. The molecule has 0 saturated carbocycles. The van der Waals surface area contributed by atoms with Crippen molar-refractivity contribution in [3.63, 3.8) is 0 Å². The van der Waals surface area contributed by atoms with Crippen molar-refractivity contribution in [2.45, 2.75) is 6.54 Å². The van der Waals surface area contributed by atoms with Crippen LogP contribution in [0.2, 0.25) is 0 Å². The van der Waals surface area contributed by atoms with Crippen LogP contribution in [0.5, 0.6) is 0 Å². The van der Waals surface area contributed by atoms with Gasteiger partial charge in [-0.05, 0) is 64.7 Å². The lowest BCUT2D eigenvalue weighted by atomic mass is 10.0. The van der Waals surface area contributed by atoms with Gasteiger partial charge in [-0.15, -0.1) is 0 Å². The fraction of sp³-hybridized carbons (Fsp3) is 0.0667. The van der Waals surface area contributed by atoms with Gasteiger partial charge in [0.2, 0.25) is 0 Å².